The number of phenolic OH excluding ortho intramolecular Hbond substituents is 1. The summed E-state index contributed by atoms with van der Waals surface area (Å²) in [7, 11) is 3.55. The van der Waals surface area contributed by atoms with Gasteiger partial charge in [0.1, 0.15) is 23.9 Å². The summed E-state index contributed by atoms with van der Waals surface area (Å²) in [6.45, 7) is 7.55. The number of nitriles is 1. The Bertz CT molecular complexity index is 2480. The number of nitrogens with zero attached hydrogens (tertiary/aromatic N) is 3. The van der Waals surface area contributed by atoms with Crippen LogP contribution in [-0.2, 0) is 32.6 Å². The molecule has 14 nitrogen and oxygen atoms in total. The van der Waals surface area contributed by atoms with Crippen LogP contribution in [0.1, 0.15) is 62.0 Å². The molecule has 7 aliphatic heterocycles. The molecule has 4 bridgehead atoms. The number of aryl methyl sites for hydroxylation is 1. The fourth-order valence-electron chi connectivity index (χ4n) is 10.8. The lowest BCUT2D eigenvalue weighted by atomic mass is 9.71. The lowest BCUT2D eigenvalue weighted by Crippen LogP contribution is -2.69. The van der Waals surface area contributed by atoms with Crippen LogP contribution >= 0.6 is 11.8 Å². The first-order chi connectivity index (χ1) is 28.1. The molecule has 0 saturated carbocycles. The maximum atomic E-state index is 14.9. The average molecular weight is 806 g/mol. The van der Waals surface area contributed by atoms with E-state index in [-0.39, 0.29) is 49.1 Å². The number of aromatic nitrogens is 1. The predicted octanol–water partition coefficient (Wildman–Crippen LogP) is 5.53. The fourth-order valence-corrected chi connectivity index (χ4v) is 12.5. The Kier molecular flexibility index (Phi) is 8.74. The van der Waals surface area contributed by atoms with Gasteiger partial charge < -0.3 is 38.5 Å². The van der Waals surface area contributed by atoms with Crippen LogP contribution in [0.3, 0.4) is 0 Å². The zero-order chi connectivity index (χ0) is 40.2. The molecule has 2 fully saturated rings. The number of carbonyl (C=O) groups excluding carboxylic acids is 2. The van der Waals surface area contributed by atoms with E-state index in [1.54, 1.807) is 18.9 Å². The number of fused-ring (bicyclic) bond motifs is 12. The van der Waals surface area contributed by atoms with Crippen LogP contribution in [-0.4, -0.2) is 96.4 Å². The summed E-state index contributed by atoms with van der Waals surface area (Å²) >= 11 is 1.54. The highest BCUT2D eigenvalue weighted by atomic mass is 32.2. The van der Waals surface area contributed by atoms with Crippen molar-refractivity contribution in [1.82, 2.24) is 20.1 Å². The summed E-state index contributed by atoms with van der Waals surface area (Å²) in [5.74, 6) is 1.67. The number of H-pyrrole nitrogens is 1. The molecule has 0 radical (unpaired) electrons. The number of methoxy groups -OCH3 is 1. The van der Waals surface area contributed by atoms with E-state index in [2.05, 4.69) is 44.9 Å². The number of benzene rings is 3. The Morgan fingerprint density at radius 3 is 2.78 bits per heavy atom. The second-order valence-corrected chi connectivity index (χ2v) is 16.9. The van der Waals surface area contributed by atoms with Gasteiger partial charge >= 0.3 is 6.16 Å². The van der Waals surface area contributed by atoms with Gasteiger partial charge in [0.2, 0.25) is 6.79 Å². The average Bonchev–Trinajstić information content (AvgIpc) is 3.85. The molecule has 2 saturated heterocycles. The van der Waals surface area contributed by atoms with E-state index in [0.717, 1.165) is 46.0 Å². The zero-order valence-electron chi connectivity index (χ0n) is 32.5. The van der Waals surface area contributed by atoms with Crippen molar-refractivity contribution in [3.63, 3.8) is 0 Å². The number of rotatable bonds is 3. The number of thioether (sulfide) groups is 1. The largest absolute Gasteiger partial charge is 0.518 e. The van der Waals surface area contributed by atoms with Crippen LogP contribution in [0.4, 0.5) is 4.79 Å². The van der Waals surface area contributed by atoms with Gasteiger partial charge in [-0.2, -0.15) is 5.26 Å². The van der Waals surface area contributed by atoms with Crippen molar-refractivity contribution in [2.75, 3.05) is 46.5 Å². The van der Waals surface area contributed by atoms with E-state index in [9.17, 15) is 20.0 Å². The van der Waals surface area contributed by atoms with E-state index in [0.29, 0.717) is 52.5 Å². The van der Waals surface area contributed by atoms with Gasteiger partial charge in [-0.05, 0) is 56.5 Å². The van der Waals surface area contributed by atoms with E-state index in [4.69, 9.17) is 28.4 Å². The van der Waals surface area contributed by atoms with E-state index < -0.39 is 41.1 Å². The first-order valence-corrected chi connectivity index (χ1v) is 20.5. The van der Waals surface area contributed by atoms with Crippen molar-refractivity contribution in [2.45, 2.75) is 67.7 Å². The highest BCUT2D eigenvalue weighted by Crippen LogP contribution is 2.64. The summed E-state index contributed by atoms with van der Waals surface area (Å²) < 4.78 is 36.0. The smallest absolute Gasteiger partial charge is 0.504 e. The number of aromatic hydroxyl groups is 1. The number of Topliss-reactive ketones (excluding diaryl/α,β-unsaturated/α-hetero) is 1. The van der Waals surface area contributed by atoms with Crippen molar-refractivity contribution in [2.24, 2.45) is 0 Å². The number of hydrogen-bond acceptors (Lipinski definition) is 14. The highest BCUT2D eigenvalue weighted by molar-refractivity contribution is 7.99. The Balaban J connectivity index is 1.26. The Labute approximate surface area is 338 Å². The second kappa shape index (κ2) is 13.7. The predicted molar refractivity (Wildman–Crippen MR) is 212 cm³/mol. The minimum atomic E-state index is -1.19. The number of carbonyl (C=O) groups is 2. The van der Waals surface area contributed by atoms with Gasteiger partial charge in [-0.15, -0.1) is 11.8 Å². The molecule has 3 N–H and O–H groups in total. The van der Waals surface area contributed by atoms with Crippen LogP contribution in [0.2, 0.25) is 0 Å². The van der Waals surface area contributed by atoms with E-state index in [1.165, 1.54) is 0 Å². The second-order valence-electron chi connectivity index (χ2n) is 15.8. The van der Waals surface area contributed by atoms with Gasteiger partial charge in [0.25, 0.3) is 0 Å². The SMILES string of the molecule is C=COC(=O)Oc1c(C)c2c(c3c1[C@H]1SC[C@]4(NCCc5c4[nH]c4ccccc54)C(=O)COC[C@@H]3N3C1[C@H]1c4c(cc(C)c(OC)c4O)C[C@@H]([C@@H]3C#N)N1C)OCO2. The summed E-state index contributed by atoms with van der Waals surface area (Å²) in [4.78, 5) is 36.2. The van der Waals surface area contributed by atoms with Gasteiger partial charge in [0.05, 0.1) is 43.4 Å². The summed E-state index contributed by atoms with van der Waals surface area (Å²) in [5.41, 5.74) is 5.91. The molecule has 15 heteroatoms. The minimum absolute atomic E-state index is 0.00490. The topological polar surface area (TPSA) is 168 Å². The Morgan fingerprint density at radius 1 is 1.17 bits per heavy atom. The van der Waals surface area contributed by atoms with Crippen LogP contribution in [0, 0.1) is 25.2 Å². The normalized spacial score (nSPS) is 28.4. The van der Waals surface area contributed by atoms with Gasteiger partial charge in [-0.25, -0.2) is 4.79 Å². The number of ketones is 1. The van der Waals surface area contributed by atoms with E-state index >= 15 is 0 Å². The molecular formula is C43H43N5O9S. The summed E-state index contributed by atoms with van der Waals surface area (Å²) in [6, 6.07) is 10.2. The molecule has 7 atom stereocenters. The monoisotopic (exact) mass is 805 g/mol. The molecule has 0 amide bonds. The molecule has 1 aromatic heterocycles. The fraction of sp³-hybridized carbons (Fsp3) is 0.419. The van der Waals surface area contributed by atoms with Crippen molar-refractivity contribution >= 4 is 34.6 Å². The lowest BCUT2D eigenvalue weighted by molar-refractivity contribution is -0.132. The third kappa shape index (κ3) is 5.05. The van der Waals surface area contributed by atoms with Crippen LogP contribution in [0.15, 0.2) is 43.2 Å². The molecule has 8 heterocycles. The third-order valence-electron chi connectivity index (χ3n) is 13.2. The molecule has 3 aromatic carbocycles. The molecule has 11 rings (SSSR count). The van der Waals surface area contributed by atoms with Crippen molar-refractivity contribution in [3.8, 4) is 34.8 Å². The van der Waals surface area contributed by atoms with Crippen molar-refractivity contribution < 1.29 is 43.1 Å². The quantitative estimate of drug-likeness (QED) is 0.134. The van der Waals surface area contributed by atoms with Crippen LogP contribution in [0.25, 0.3) is 10.9 Å². The third-order valence-corrected chi connectivity index (χ3v) is 14.6. The highest BCUT2D eigenvalue weighted by Gasteiger charge is 2.61. The molecule has 1 spiro atoms. The summed E-state index contributed by atoms with van der Waals surface area (Å²) in [6.07, 6.45) is 1.26. The Hall–Kier alpha value is -5.24. The van der Waals surface area contributed by atoms with Gasteiger partial charge in [0.15, 0.2) is 28.8 Å². The molecule has 300 valence electrons. The number of para-hydroxylation sites is 1. The number of phenols is 1. The Morgan fingerprint density at radius 2 is 1.98 bits per heavy atom. The van der Waals surface area contributed by atoms with Crippen molar-refractivity contribution in [3.05, 3.63) is 87.8 Å². The molecular weight excluding hydrogens is 763 g/mol. The standard InChI is InChI=1S/C43H43N5O9S/c1-6-54-42(51)57-37-21(3)38-39(56-19-55-38)31-28-16-53-17-29(49)43(41-24(11-12-45-43)23-9-7-8-10-25(23)46-41)18-58-40(32(31)37)34-33-30-22(13-20(2)36(52-5)35(30)50)14-26(47(33)4)27(15-44)48(28)34/h6-10,13,26-28,33-34,40,45-46,50H,1,11-12,14,16-19H2,2-5H3/t26-,27-,28-,33+,34?,40+,43-/m0/s1. The molecule has 0 aliphatic carbocycles. The van der Waals surface area contributed by atoms with Crippen LogP contribution < -0.4 is 24.3 Å². The maximum Gasteiger partial charge on any atom is 0.518 e. The minimum Gasteiger partial charge on any atom is -0.504 e. The molecule has 1 unspecified atom stereocenters. The zero-order valence-corrected chi connectivity index (χ0v) is 33.4. The molecule has 7 aliphatic rings. The number of likely N-dealkylation sites (N-methyl/N-ethyl adjacent to an activating group) is 1. The lowest BCUT2D eigenvalue weighted by Gasteiger charge is -2.61. The number of piperazine rings is 1. The summed E-state index contributed by atoms with van der Waals surface area (Å²) in [5, 5.41) is 27.5. The number of ether oxygens (including phenoxy) is 6. The first kappa shape index (κ1) is 37.1. The first-order valence-electron chi connectivity index (χ1n) is 19.4. The number of nitrogens with one attached hydrogen (secondary N) is 2. The van der Waals surface area contributed by atoms with Crippen LogP contribution in [0.5, 0.6) is 28.7 Å². The van der Waals surface area contributed by atoms with Gasteiger partial charge in [0, 0.05) is 63.2 Å². The number of aromatic amines is 1. The maximum absolute atomic E-state index is 14.9. The van der Waals surface area contributed by atoms with E-state index in [1.807, 2.05) is 39.1 Å². The van der Waals surface area contributed by atoms with Crippen molar-refractivity contribution in [1.29, 1.82) is 5.26 Å². The molecule has 4 aromatic rings. The molecule has 58 heavy (non-hydrogen) atoms. The van der Waals surface area contributed by atoms with Gasteiger partial charge in [-0.1, -0.05) is 30.8 Å². The van der Waals surface area contributed by atoms with Gasteiger partial charge in [-0.3, -0.25) is 19.9 Å². The number of hydrogen-bond donors (Lipinski definition) is 3.